The predicted octanol–water partition coefficient (Wildman–Crippen LogP) is 0.878. The van der Waals surface area contributed by atoms with Gasteiger partial charge in [-0.25, -0.2) is 0 Å². The minimum Gasteiger partial charge on any atom is -0.490 e. The lowest BCUT2D eigenvalue weighted by Gasteiger charge is -2.33. The largest absolute Gasteiger partial charge is 0.490 e. The molecule has 0 amide bonds. The number of ether oxygens (including phenoxy) is 1. The topological polar surface area (TPSA) is 71.8 Å². The Hall–Kier alpha value is -1.38. The third-order valence-corrected chi connectivity index (χ3v) is 6.93. The molecule has 2 aliphatic heterocycles. The van der Waals surface area contributed by atoms with E-state index < -0.39 is 10.2 Å². The molecule has 0 unspecified atom stereocenters. The summed E-state index contributed by atoms with van der Waals surface area (Å²) in [4.78, 5) is 11.8. The van der Waals surface area contributed by atoms with E-state index in [0.29, 0.717) is 44.8 Å². The highest BCUT2D eigenvalue weighted by molar-refractivity contribution is 7.86. The molecule has 2 aliphatic rings. The zero-order chi connectivity index (χ0) is 17.3. The fraction of sp³-hybridized carbons (Fsp3) is 0.688. The summed E-state index contributed by atoms with van der Waals surface area (Å²) in [6.07, 6.45) is 3.12. The third kappa shape index (κ3) is 3.50. The smallest absolute Gasteiger partial charge is 0.281 e. The van der Waals surface area contributed by atoms with Crippen LogP contribution in [-0.4, -0.2) is 53.9 Å². The molecule has 3 rings (SSSR count). The summed E-state index contributed by atoms with van der Waals surface area (Å²) < 4.78 is 35.7. The van der Waals surface area contributed by atoms with E-state index in [0.717, 1.165) is 18.5 Å². The molecule has 8 heteroatoms. The van der Waals surface area contributed by atoms with Gasteiger partial charge in [0.15, 0.2) is 0 Å². The quantitative estimate of drug-likeness (QED) is 0.804. The Balaban J connectivity index is 1.60. The Morgan fingerprint density at radius 3 is 2.21 bits per heavy atom. The standard InChI is InChI=1S/C16H25N3O4S/c1-13-11-15(12-16(20)17(13)2)23-14-5-9-19(10-6-14)24(21,22)18-7-3-4-8-18/h11-12,14H,3-10H2,1-2H3. The van der Waals surface area contributed by atoms with Crippen LogP contribution in [0.3, 0.4) is 0 Å². The lowest BCUT2D eigenvalue weighted by Crippen LogP contribution is -2.47. The predicted molar refractivity (Wildman–Crippen MR) is 91.4 cm³/mol. The van der Waals surface area contributed by atoms with Crippen molar-refractivity contribution >= 4 is 10.2 Å². The van der Waals surface area contributed by atoms with Crippen molar-refractivity contribution in [3.05, 3.63) is 28.2 Å². The highest BCUT2D eigenvalue weighted by atomic mass is 32.2. The van der Waals surface area contributed by atoms with Gasteiger partial charge in [0.1, 0.15) is 11.9 Å². The number of aryl methyl sites for hydroxylation is 1. The van der Waals surface area contributed by atoms with Gasteiger partial charge < -0.3 is 9.30 Å². The molecule has 0 radical (unpaired) electrons. The van der Waals surface area contributed by atoms with Crippen LogP contribution in [0.15, 0.2) is 16.9 Å². The molecule has 0 spiro atoms. The average molecular weight is 355 g/mol. The molecule has 7 nitrogen and oxygen atoms in total. The van der Waals surface area contributed by atoms with Crippen LogP contribution in [0.1, 0.15) is 31.4 Å². The van der Waals surface area contributed by atoms with Gasteiger partial charge in [0.25, 0.3) is 15.8 Å². The number of rotatable bonds is 4. The molecule has 0 atom stereocenters. The first-order valence-corrected chi connectivity index (χ1v) is 9.87. The van der Waals surface area contributed by atoms with Gasteiger partial charge in [0.2, 0.25) is 0 Å². The molecule has 2 saturated heterocycles. The van der Waals surface area contributed by atoms with Crippen LogP contribution in [0.4, 0.5) is 0 Å². The molecule has 0 saturated carbocycles. The lowest BCUT2D eigenvalue weighted by atomic mass is 10.1. The van der Waals surface area contributed by atoms with Crippen molar-refractivity contribution in [2.45, 2.75) is 38.7 Å². The Morgan fingerprint density at radius 1 is 1.04 bits per heavy atom. The molecular formula is C16H25N3O4S. The maximum absolute atomic E-state index is 12.5. The van der Waals surface area contributed by atoms with Crippen LogP contribution >= 0.6 is 0 Å². The van der Waals surface area contributed by atoms with Crippen molar-refractivity contribution in [1.29, 1.82) is 0 Å². The van der Waals surface area contributed by atoms with E-state index in [2.05, 4.69) is 0 Å². The summed E-state index contributed by atoms with van der Waals surface area (Å²) in [6, 6.07) is 3.33. The van der Waals surface area contributed by atoms with E-state index >= 15 is 0 Å². The van der Waals surface area contributed by atoms with E-state index in [1.165, 1.54) is 6.07 Å². The number of piperidine rings is 1. The molecule has 0 aromatic carbocycles. The summed E-state index contributed by atoms with van der Waals surface area (Å²) in [7, 11) is -1.59. The van der Waals surface area contributed by atoms with Crippen LogP contribution in [-0.2, 0) is 17.3 Å². The van der Waals surface area contributed by atoms with Crippen molar-refractivity contribution in [2.75, 3.05) is 26.2 Å². The monoisotopic (exact) mass is 355 g/mol. The van der Waals surface area contributed by atoms with Crippen molar-refractivity contribution in [3.63, 3.8) is 0 Å². The minimum absolute atomic E-state index is 0.0541. The van der Waals surface area contributed by atoms with Crippen molar-refractivity contribution in [1.82, 2.24) is 13.2 Å². The Bertz CT molecular complexity index is 745. The molecule has 134 valence electrons. The Labute approximate surface area is 143 Å². The Morgan fingerprint density at radius 2 is 1.62 bits per heavy atom. The van der Waals surface area contributed by atoms with Gasteiger partial charge in [0, 0.05) is 45.0 Å². The summed E-state index contributed by atoms with van der Waals surface area (Å²) in [5, 5.41) is 0. The van der Waals surface area contributed by atoms with Crippen LogP contribution < -0.4 is 10.3 Å². The normalized spacial score (nSPS) is 21.2. The molecule has 0 N–H and O–H groups in total. The average Bonchev–Trinajstić information content (AvgIpc) is 3.08. The van der Waals surface area contributed by atoms with Gasteiger partial charge in [-0.05, 0) is 38.7 Å². The SMILES string of the molecule is Cc1cc(OC2CCN(S(=O)(=O)N3CCCC3)CC2)cc(=O)n1C. The molecule has 1 aromatic rings. The van der Waals surface area contributed by atoms with Crippen molar-refractivity contribution < 1.29 is 13.2 Å². The lowest BCUT2D eigenvalue weighted by molar-refractivity contribution is 0.132. The number of hydrogen-bond acceptors (Lipinski definition) is 4. The molecular weight excluding hydrogens is 330 g/mol. The van der Waals surface area contributed by atoms with Crippen LogP contribution in [0, 0.1) is 6.92 Å². The highest BCUT2D eigenvalue weighted by Crippen LogP contribution is 2.23. The van der Waals surface area contributed by atoms with Gasteiger partial charge in [-0.3, -0.25) is 4.79 Å². The van der Waals surface area contributed by atoms with Crippen molar-refractivity contribution in [3.8, 4) is 5.75 Å². The Kier molecular flexibility index (Phi) is 4.98. The summed E-state index contributed by atoms with van der Waals surface area (Å²) >= 11 is 0. The first-order valence-electron chi connectivity index (χ1n) is 8.47. The van der Waals surface area contributed by atoms with Crippen LogP contribution in [0.2, 0.25) is 0 Å². The number of hydrogen-bond donors (Lipinski definition) is 0. The van der Waals surface area contributed by atoms with Gasteiger partial charge in [0.05, 0.1) is 0 Å². The molecule has 1 aromatic heterocycles. The zero-order valence-corrected chi connectivity index (χ0v) is 15.1. The van der Waals surface area contributed by atoms with Gasteiger partial charge >= 0.3 is 0 Å². The molecule has 0 aliphatic carbocycles. The third-order valence-electron chi connectivity index (χ3n) is 4.90. The summed E-state index contributed by atoms with van der Waals surface area (Å²) in [5.74, 6) is 0.566. The van der Waals surface area contributed by atoms with Crippen molar-refractivity contribution in [2.24, 2.45) is 7.05 Å². The fourth-order valence-corrected chi connectivity index (χ4v) is 4.98. The number of nitrogens with zero attached hydrogens (tertiary/aromatic N) is 3. The molecule has 3 heterocycles. The van der Waals surface area contributed by atoms with E-state index in [-0.39, 0.29) is 11.7 Å². The minimum atomic E-state index is -3.32. The maximum Gasteiger partial charge on any atom is 0.281 e. The second kappa shape index (κ2) is 6.85. The van der Waals surface area contributed by atoms with E-state index in [1.807, 2.05) is 13.0 Å². The summed E-state index contributed by atoms with van der Waals surface area (Å²) in [6.45, 7) is 4.05. The second-order valence-electron chi connectivity index (χ2n) is 6.56. The van der Waals surface area contributed by atoms with Crippen LogP contribution in [0.25, 0.3) is 0 Å². The van der Waals surface area contributed by atoms with E-state index in [9.17, 15) is 13.2 Å². The second-order valence-corrected chi connectivity index (χ2v) is 8.49. The van der Waals surface area contributed by atoms with Gasteiger partial charge in [-0.15, -0.1) is 0 Å². The van der Waals surface area contributed by atoms with Gasteiger partial charge in [-0.1, -0.05) is 0 Å². The number of aromatic nitrogens is 1. The van der Waals surface area contributed by atoms with E-state index in [1.54, 1.807) is 20.2 Å². The summed E-state index contributed by atoms with van der Waals surface area (Å²) in [5.41, 5.74) is 0.741. The first-order chi connectivity index (χ1) is 11.4. The zero-order valence-electron chi connectivity index (χ0n) is 14.3. The number of pyridine rings is 1. The van der Waals surface area contributed by atoms with Crippen LogP contribution in [0.5, 0.6) is 5.75 Å². The molecule has 0 bridgehead atoms. The fourth-order valence-electron chi connectivity index (χ4n) is 3.26. The maximum atomic E-state index is 12.5. The first kappa shape index (κ1) is 17.4. The molecule has 2 fully saturated rings. The van der Waals surface area contributed by atoms with Gasteiger partial charge in [-0.2, -0.15) is 17.0 Å². The van der Waals surface area contributed by atoms with E-state index in [4.69, 9.17) is 4.74 Å². The molecule has 24 heavy (non-hydrogen) atoms. The highest BCUT2D eigenvalue weighted by Gasteiger charge is 2.34.